The van der Waals surface area contributed by atoms with Crippen LogP contribution in [0.15, 0.2) is 12.1 Å². The van der Waals surface area contributed by atoms with Crippen molar-refractivity contribution in [1.29, 1.82) is 0 Å². The van der Waals surface area contributed by atoms with Crippen molar-refractivity contribution in [2.24, 2.45) is 7.05 Å². The third kappa shape index (κ3) is 2.32. The van der Waals surface area contributed by atoms with E-state index in [9.17, 15) is 9.18 Å². The zero-order chi connectivity index (χ0) is 16.0. The van der Waals surface area contributed by atoms with E-state index in [1.807, 2.05) is 0 Å². The van der Waals surface area contributed by atoms with Gasteiger partial charge in [-0.1, -0.05) is 23.2 Å². The van der Waals surface area contributed by atoms with Crippen LogP contribution in [0.4, 0.5) is 10.2 Å². The van der Waals surface area contributed by atoms with Crippen LogP contribution in [0.5, 0.6) is 0 Å². The van der Waals surface area contributed by atoms with Crippen molar-refractivity contribution in [3.8, 4) is 0 Å². The fourth-order valence-electron chi connectivity index (χ4n) is 2.20. The number of H-pyrrole nitrogens is 1. The minimum absolute atomic E-state index is 0.0205. The Labute approximate surface area is 134 Å². The molecule has 0 unspecified atom stereocenters. The van der Waals surface area contributed by atoms with Gasteiger partial charge >= 0.3 is 0 Å². The maximum absolute atomic E-state index is 13.5. The Bertz CT molecular complexity index is 902. The molecule has 2 N–H and O–H groups in total. The monoisotopic (exact) mass is 341 g/mol. The Morgan fingerprint density at radius 2 is 2.09 bits per heavy atom. The second kappa shape index (κ2) is 5.26. The number of hydrogen-bond donors (Lipinski definition) is 2. The highest BCUT2D eigenvalue weighted by Crippen LogP contribution is 2.27. The Morgan fingerprint density at radius 1 is 1.36 bits per heavy atom. The predicted molar refractivity (Wildman–Crippen MR) is 82.0 cm³/mol. The van der Waals surface area contributed by atoms with E-state index in [4.69, 9.17) is 23.2 Å². The number of carbonyl (C=O) groups is 1. The third-order valence-electron chi connectivity index (χ3n) is 3.21. The Balaban J connectivity index is 1.98. The van der Waals surface area contributed by atoms with Gasteiger partial charge in [0.2, 0.25) is 0 Å². The number of carbonyl (C=O) groups excluding carboxylic acids is 1. The summed E-state index contributed by atoms with van der Waals surface area (Å²) in [4.78, 5) is 12.3. The highest BCUT2D eigenvalue weighted by atomic mass is 35.5. The molecule has 0 atom stereocenters. The van der Waals surface area contributed by atoms with Crippen LogP contribution in [0.25, 0.3) is 11.0 Å². The van der Waals surface area contributed by atoms with Crippen molar-refractivity contribution in [2.45, 2.75) is 6.92 Å². The van der Waals surface area contributed by atoms with Gasteiger partial charge in [0.1, 0.15) is 11.6 Å². The van der Waals surface area contributed by atoms with Crippen molar-refractivity contribution in [3.05, 3.63) is 39.3 Å². The number of aromatic nitrogens is 4. The van der Waals surface area contributed by atoms with Gasteiger partial charge in [-0.15, -0.1) is 0 Å². The number of aryl methyl sites for hydroxylation is 2. The maximum Gasteiger partial charge on any atom is 0.258 e. The summed E-state index contributed by atoms with van der Waals surface area (Å²) in [5.41, 5.74) is 1.28. The lowest BCUT2D eigenvalue weighted by Crippen LogP contribution is -2.13. The molecule has 22 heavy (non-hydrogen) atoms. The van der Waals surface area contributed by atoms with Gasteiger partial charge in [-0.05, 0) is 19.1 Å². The molecule has 3 rings (SSSR count). The molecule has 0 bridgehead atoms. The number of nitrogens with zero attached hydrogens (tertiary/aromatic N) is 3. The third-order valence-corrected chi connectivity index (χ3v) is 3.81. The number of rotatable bonds is 2. The van der Waals surface area contributed by atoms with Gasteiger partial charge in [-0.2, -0.15) is 10.2 Å². The van der Waals surface area contributed by atoms with E-state index in [-0.39, 0.29) is 15.6 Å². The molecule has 6 nitrogen and oxygen atoms in total. The van der Waals surface area contributed by atoms with E-state index in [2.05, 4.69) is 20.6 Å². The fourth-order valence-corrected chi connectivity index (χ4v) is 2.67. The smallest absolute Gasteiger partial charge is 0.258 e. The first kappa shape index (κ1) is 14.8. The summed E-state index contributed by atoms with van der Waals surface area (Å²) < 4.78 is 15.1. The molecular formula is C13H10Cl2FN5O. The van der Waals surface area contributed by atoms with Crippen LogP contribution in [-0.2, 0) is 7.05 Å². The lowest BCUT2D eigenvalue weighted by atomic mass is 10.2. The van der Waals surface area contributed by atoms with Gasteiger partial charge in [0.25, 0.3) is 5.91 Å². The molecule has 0 aliphatic heterocycles. The molecule has 114 valence electrons. The topological polar surface area (TPSA) is 75.6 Å². The molecule has 0 saturated carbocycles. The van der Waals surface area contributed by atoms with E-state index in [0.29, 0.717) is 22.5 Å². The zero-order valence-electron chi connectivity index (χ0n) is 11.5. The molecule has 2 aromatic heterocycles. The number of benzene rings is 1. The number of fused-ring (bicyclic) bond motifs is 1. The fraction of sp³-hybridized carbons (Fsp3) is 0.154. The molecule has 0 aliphatic carbocycles. The summed E-state index contributed by atoms with van der Waals surface area (Å²) in [6.45, 7) is 1.79. The molecule has 2 heterocycles. The summed E-state index contributed by atoms with van der Waals surface area (Å²) in [6, 6.07) is 2.18. The standard InChI is InChI=1S/C13H10Cl2FN5O/c1-5-10-11(18-19-12(10)21(2)20-5)17-13(22)6-3-9(16)8(15)4-7(6)14/h3-4H,1-2H3,(H2,17,18,19,22). The number of hydrogen-bond acceptors (Lipinski definition) is 3. The van der Waals surface area contributed by atoms with Gasteiger partial charge in [-0.25, -0.2) is 9.07 Å². The first-order valence-corrected chi connectivity index (χ1v) is 6.97. The highest BCUT2D eigenvalue weighted by Gasteiger charge is 2.19. The van der Waals surface area contributed by atoms with Crippen molar-refractivity contribution in [2.75, 3.05) is 5.32 Å². The largest absolute Gasteiger partial charge is 0.306 e. The van der Waals surface area contributed by atoms with Crippen LogP contribution in [0.3, 0.4) is 0 Å². The van der Waals surface area contributed by atoms with Gasteiger partial charge in [0.15, 0.2) is 5.65 Å². The lowest BCUT2D eigenvalue weighted by Gasteiger charge is -2.06. The average Bonchev–Trinajstić information content (AvgIpc) is 2.97. The van der Waals surface area contributed by atoms with Crippen molar-refractivity contribution in [1.82, 2.24) is 20.0 Å². The zero-order valence-corrected chi connectivity index (χ0v) is 13.1. The van der Waals surface area contributed by atoms with Crippen LogP contribution in [-0.4, -0.2) is 25.9 Å². The molecule has 0 spiro atoms. The predicted octanol–water partition coefficient (Wildman–Crippen LogP) is 3.30. The van der Waals surface area contributed by atoms with Crippen molar-refractivity contribution < 1.29 is 9.18 Å². The lowest BCUT2D eigenvalue weighted by molar-refractivity contribution is 0.102. The molecule has 1 aromatic carbocycles. The van der Waals surface area contributed by atoms with E-state index in [1.54, 1.807) is 18.7 Å². The molecule has 0 saturated heterocycles. The summed E-state index contributed by atoms with van der Waals surface area (Å²) in [5.74, 6) is -0.921. The summed E-state index contributed by atoms with van der Waals surface area (Å²) in [5, 5.41) is 14.2. The number of amides is 1. The average molecular weight is 342 g/mol. The first-order valence-electron chi connectivity index (χ1n) is 6.22. The van der Waals surface area contributed by atoms with Gasteiger partial charge in [0, 0.05) is 7.05 Å². The van der Waals surface area contributed by atoms with E-state index >= 15 is 0 Å². The van der Waals surface area contributed by atoms with Gasteiger partial charge in [-0.3, -0.25) is 9.89 Å². The second-order valence-corrected chi connectivity index (χ2v) is 5.52. The molecule has 0 fully saturated rings. The quantitative estimate of drug-likeness (QED) is 0.702. The highest BCUT2D eigenvalue weighted by molar-refractivity contribution is 6.37. The Kier molecular flexibility index (Phi) is 3.54. The molecule has 0 aliphatic rings. The normalized spacial score (nSPS) is 11.1. The first-order chi connectivity index (χ1) is 10.4. The number of halogens is 3. The molecular weight excluding hydrogens is 332 g/mol. The molecule has 9 heteroatoms. The van der Waals surface area contributed by atoms with E-state index in [0.717, 1.165) is 6.07 Å². The Hall–Kier alpha value is -2.12. The summed E-state index contributed by atoms with van der Waals surface area (Å²) >= 11 is 11.6. The van der Waals surface area contributed by atoms with E-state index in [1.165, 1.54) is 6.07 Å². The van der Waals surface area contributed by atoms with Crippen LogP contribution >= 0.6 is 23.2 Å². The number of aromatic amines is 1. The Morgan fingerprint density at radius 3 is 2.82 bits per heavy atom. The SMILES string of the molecule is Cc1nn(C)c2n[nH]c(NC(=O)c3cc(F)c(Cl)cc3Cl)c12. The number of nitrogens with one attached hydrogen (secondary N) is 2. The molecule has 1 amide bonds. The van der Waals surface area contributed by atoms with Crippen molar-refractivity contribution in [3.63, 3.8) is 0 Å². The van der Waals surface area contributed by atoms with Crippen LogP contribution < -0.4 is 5.32 Å². The molecule has 0 radical (unpaired) electrons. The number of anilines is 1. The van der Waals surface area contributed by atoms with Crippen molar-refractivity contribution >= 4 is 46.0 Å². The van der Waals surface area contributed by atoms with Gasteiger partial charge < -0.3 is 5.32 Å². The van der Waals surface area contributed by atoms with Crippen LogP contribution in [0.2, 0.25) is 10.0 Å². The van der Waals surface area contributed by atoms with E-state index < -0.39 is 11.7 Å². The minimum Gasteiger partial charge on any atom is -0.306 e. The van der Waals surface area contributed by atoms with Crippen LogP contribution in [0.1, 0.15) is 16.1 Å². The summed E-state index contributed by atoms with van der Waals surface area (Å²) in [7, 11) is 1.74. The van der Waals surface area contributed by atoms with Gasteiger partial charge in [0.05, 0.1) is 26.7 Å². The minimum atomic E-state index is -0.719. The second-order valence-electron chi connectivity index (χ2n) is 4.71. The van der Waals surface area contributed by atoms with Crippen LogP contribution in [0, 0.1) is 12.7 Å². The maximum atomic E-state index is 13.5. The molecule has 3 aromatic rings. The summed E-state index contributed by atoms with van der Waals surface area (Å²) in [6.07, 6.45) is 0.